The second kappa shape index (κ2) is 9.82. The van der Waals surface area contributed by atoms with E-state index in [4.69, 9.17) is 0 Å². The van der Waals surface area contributed by atoms with E-state index in [-0.39, 0.29) is 23.8 Å². The van der Waals surface area contributed by atoms with Gasteiger partial charge in [-0.2, -0.15) is 4.31 Å². The number of nitrogens with one attached hydrogen (secondary N) is 2. The fourth-order valence-electron chi connectivity index (χ4n) is 3.40. The summed E-state index contributed by atoms with van der Waals surface area (Å²) in [6.07, 6.45) is 1.76. The number of rotatable bonds is 7. The summed E-state index contributed by atoms with van der Waals surface area (Å²) in [6, 6.07) is 13.6. The van der Waals surface area contributed by atoms with Crippen LogP contribution in [0.1, 0.15) is 18.4 Å². The lowest BCUT2D eigenvalue weighted by Crippen LogP contribution is -2.47. The van der Waals surface area contributed by atoms with Crippen LogP contribution >= 0.6 is 0 Å². The fraction of sp³-hybridized carbons (Fsp3) is 0.333. The summed E-state index contributed by atoms with van der Waals surface area (Å²) >= 11 is 0. The van der Waals surface area contributed by atoms with Crippen LogP contribution in [-0.2, 0) is 26.0 Å². The molecule has 2 amide bonds. The molecule has 9 heteroatoms. The molecule has 160 valence electrons. The van der Waals surface area contributed by atoms with Gasteiger partial charge in [-0.15, -0.1) is 0 Å². The molecular weight excluding hydrogens is 409 g/mol. The van der Waals surface area contributed by atoms with Crippen molar-refractivity contribution in [2.75, 3.05) is 19.6 Å². The Morgan fingerprint density at radius 3 is 2.37 bits per heavy atom. The van der Waals surface area contributed by atoms with Crippen molar-refractivity contribution in [1.82, 2.24) is 14.9 Å². The van der Waals surface area contributed by atoms with Crippen LogP contribution < -0.4 is 10.6 Å². The van der Waals surface area contributed by atoms with E-state index in [0.29, 0.717) is 25.8 Å². The molecule has 0 saturated carbocycles. The third kappa shape index (κ3) is 5.43. The molecular formula is C21H24FN3O4S. The monoisotopic (exact) mass is 433 g/mol. The SMILES string of the molecule is O=C(NCCc1ccc(F)cc1)C(=O)NC[C@H]1CCCN1S(=O)(=O)c1ccccc1. The normalized spacial score (nSPS) is 16.9. The number of hydrogen-bond acceptors (Lipinski definition) is 4. The summed E-state index contributed by atoms with van der Waals surface area (Å²) in [5.41, 5.74) is 0.838. The van der Waals surface area contributed by atoms with E-state index in [0.717, 1.165) is 5.56 Å². The molecule has 7 nitrogen and oxygen atoms in total. The van der Waals surface area contributed by atoms with Gasteiger partial charge in [-0.25, -0.2) is 12.8 Å². The summed E-state index contributed by atoms with van der Waals surface area (Å²) < 4.78 is 39.9. The maximum Gasteiger partial charge on any atom is 0.309 e. The maximum absolute atomic E-state index is 12.9. The first-order chi connectivity index (χ1) is 14.4. The molecule has 1 saturated heterocycles. The number of carbonyl (C=O) groups excluding carboxylic acids is 2. The van der Waals surface area contributed by atoms with Crippen LogP contribution in [0, 0.1) is 5.82 Å². The van der Waals surface area contributed by atoms with Crippen molar-refractivity contribution in [2.24, 2.45) is 0 Å². The van der Waals surface area contributed by atoms with Crippen LogP contribution in [0.3, 0.4) is 0 Å². The zero-order valence-corrected chi connectivity index (χ0v) is 17.2. The van der Waals surface area contributed by atoms with Gasteiger partial charge in [0.05, 0.1) is 4.90 Å². The van der Waals surface area contributed by atoms with Crippen molar-refractivity contribution in [1.29, 1.82) is 0 Å². The van der Waals surface area contributed by atoms with Crippen molar-refractivity contribution < 1.29 is 22.4 Å². The van der Waals surface area contributed by atoms with Crippen molar-refractivity contribution >= 4 is 21.8 Å². The number of nitrogens with zero attached hydrogens (tertiary/aromatic N) is 1. The third-order valence-corrected chi connectivity index (χ3v) is 6.96. The van der Waals surface area contributed by atoms with E-state index in [9.17, 15) is 22.4 Å². The Kier molecular flexibility index (Phi) is 7.17. The smallest absolute Gasteiger partial charge is 0.309 e. The van der Waals surface area contributed by atoms with Gasteiger partial charge in [0.1, 0.15) is 5.82 Å². The summed E-state index contributed by atoms with van der Waals surface area (Å²) in [6.45, 7) is 0.674. The van der Waals surface area contributed by atoms with Gasteiger partial charge in [0, 0.05) is 25.7 Å². The molecule has 3 rings (SSSR count). The molecule has 1 aliphatic heterocycles. The maximum atomic E-state index is 12.9. The van der Waals surface area contributed by atoms with Gasteiger partial charge >= 0.3 is 11.8 Å². The van der Waals surface area contributed by atoms with Crippen molar-refractivity contribution in [2.45, 2.75) is 30.2 Å². The van der Waals surface area contributed by atoms with Gasteiger partial charge in [0.15, 0.2) is 0 Å². The minimum Gasteiger partial charge on any atom is -0.348 e. The van der Waals surface area contributed by atoms with E-state index < -0.39 is 27.9 Å². The van der Waals surface area contributed by atoms with E-state index >= 15 is 0 Å². The number of carbonyl (C=O) groups is 2. The summed E-state index contributed by atoms with van der Waals surface area (Å²) in [7, 11) is -3.65. The van der Waals surface area contributed by atoms with Crippen LogP contribution in [0.5, 0.6) is 0 Å². The average molecular weight is 434 g/mol. The number of amides is 2. The topological polar surface area (TPSA) is 95.6 Å². The van der Waals surface area contributed by atoms with Crippen LogP contribution in [0.15, 0.2) is 59.5 Å². The molecule has 0 aliphatic carbocycles. The minimum atomic E-state index is -3.65. The molecule has 0 bridgehead atoms. The fourth-order valence-corrected chi connectivity index (χ4v) is 5.11. The van der Waals surface area contributed by atoms with E-state index in [1.807, 2.05) is 0 Å². The van der Waals surface area contributed by atoms with Crippen LogP contribution in [0.4, 0.5) is 4.39 Å². The Bertz CT molecular complexity index is 981. The first-order valence-corrected chi connectivity index (χ1v) is 11.2. The Balaban J connectivity index is 1.48. The quantitative estimate of drug-likeness (QED) is 0.646. The molecule has 2 aromatic rings. The highest BCUT2D eigenvalue weighted by Gasteiger charge is 2.35. The zero-order chi connectivity index (χ0) is 21.6. The number of sulfonamides is 1. The standard InChI is InChI=1S/C21H24FN3O4S/c22-17-10-8-16(9-11-17)12-13-23-20(26)21(27)24-15-18-5-4-14-25(18)30(28,29)19-6-2-1-3-7-19/h1-3,6-11,18H,4-5,12-15H2,(H,23,26)(H,24,27)/t18-/m1/s1. The van der Waals surface area contributed by atoms with E-state index in [1.54, 1.807) is 30.3 Å². The molecule has 0 radical (unpaired) electrons. The predicted octanol–water partition coefficient (Wildman–Crippen LogP) is 1.45. The van der Waals surface area contributed by atoms with Gasteiger partial charge in [-0.1, -0.05) is 30.3 Å². The molecule has 1 fully saturated rings. The van der Waals surface area contributed by atoms with Crippen LogP contribution in [0.25, 0.3) is 0 Å². The van der Waals surface area contributed by atoms with Crippen LogP contribution in [-0.4, -0.2) is 50.2 Å². The molecule has 0 unspecified atom stereocenters. The van der Waals surface area contributed by atoms with Gasteiger partial charge in [-0.3, -0.25) is 9.59 Å². The second-order valence-corrected chi connectivity index (χ2v) is 8.96. The molecule has 1 aliphatic rings. The third-order valence-electron chi connectivity index (χ3n) is 4.99. The minimum absolute atomic E-state index is 0.0658. The molecule has 2 N–H and O–H groups in total. The van der Waals surface area contributed by atoms with Crippen molar-refractivity contribution in [3.8, 4) is 0 Å². The Hall–Kier alpha value is -2.78. The van der Waals surface area contributed by atoms with Crippen LogP contribution in [0.2, 0.25) is 0 Å². The molecule has 1 atom stereocenters. The van der Waals surface area contributed by atoms with E-state index in [2.05, 4.69) is 10.6 Å². The Morgan fingerprint density at radius 1 is 1.00 bits per heavy atom. The largest absolute Gasteiger partial charge is 0.348 e. The number of hydrogen-bond donors (Lipinski definition) is 2. The molecule has 0 spiro atoms. The van der Waals surface area contributed by atoms with Gasteiger partial charge in [0.2, 0.25) is 10.0 Å². The van der Waals surface area contributed by atoms with Gasteiger partial charge in [0.25, 0.3) is 0 Å². The highest BCUT2D eigenvalue weighted by molar-refractivity contribution is 7.89. The number of halogens is 1. The lowest BCUT2D eigenvalue weighted by atomic mass is 10.1. The summed E-state index contributed by atoms with van der Waals surface area (Å²) in [4.78, 5) is 24.3. The Morgan fingerprint density at radius 2 is 1.67 bits per heavy atom. The second-order valence-electron chi connectivity index (χ2n) is 7.07. The predicted molar refractivity (Wildman–Crippen MR) is 109 cm³/mol. The molecule has 30 heavy (non-hydrogen) atoms. The molecule has 1 heterocycles. The lowest BCUT2D eigenvalue weighted by Gasteiger charge is -2.24. The zero-order valence-electron chi connectivity index (χ0n) is 16.4. The Labute approximate surface area is 175 Å². The molecule has 2 aromatic carbocycles. The van der Waals surface area contributed by atoms with Gasteiger partial charge in [-0.05, 0) is 49.1 Å². The number of benzene rings is 2. The summed E-state index contributed by atoms with van der Waals surface area (Å²) in [5, 5.41) is 5.04. The van der Waals surface area contributed by atoms with Crippen molar-refractivity contribution in [3.63, 3.8) is 0 Å². The highest BCUT2D eigenvalue weighted by atomic mass is 32.2. The first kappa shape index (κ1) is 21.9. The molecule has 0 aromatic heterocycles. The highest BCUT2D eigenvalue weighted by Crippen LogP contribution is 2.25. The first-order valence-electron chi connectivity index (χ1n) is 9.75. The lowest BCUT2D eigenvalue weighted by molar-refractivity contribution is -0.139. The summed E-state index contributed by atoms with van der Waals surface area (Å²) in [5.74, 6) is -1.93. The van der Waals surface area contributed by atoms with E-state index in [1.165, 1.54) is 28.6 Å². The van der Waals surface area contributed by atoms with Gasteiger partial charge < -0.3 is 10.6 Å². The van der Waals surface area contributed by atoms with Crippen molar-refractivity contribution in [3.05, 3.63) is 66.0 Å². The average Bonchev–Trinajstić information content (AvgIpc) is 3.23.